The van der Waals surface area contributed by atoms with Crippen molar-refractivity contribution in [3.05, 3.63) is 113 Å². The lowest BCUT2D eigenvalue weighted by Crippen LogP contribution is -2.27. The van der Waals surface area contributed by atoms with Gasteiger partial charge in [0.2, 0.25) is 11.8 Å². The van der Waals surface area contributed by atoms with Crippen LogP contribution in [0.25, 0.3) is 0 Å². The van der Waals surface area contributed by atoms with Crippen molar-refractivity contribution in [3.63, 3.8) is 0 Å². The number of halogens is 3. The van der Waals surface area contributed by atoms with Crippen LogP contribution in [-0.4, -0.2) is 36.5 Å². The van der Waals surface area contributed by atoms with Crippen molar-refractivity contribution in [2.24, 2.45) is 9.98 Å². The highest BCUT2D eigenvalue weighted by Gasteiger charge is 2.32. The van der Waals surface area contributed by atoms with Gasteiger partial charge in [-0.25, -0.2) is 9.79 Å². The molecule has 3 aromatic rings. The summed E-state index contributed by atoms with van der Waals surface area (Å²) >= 11 is 0. The SMILES string of the molecule is C=N/C=N\C(Oc1ccc(NC(=O)Cc2ccc(C(F)(F)F)c(C)c2)cc1)=C1\C=CN(C(=O)Oc2ccccc2)C1. The second-order valence-electron chi connectivity index (χ2n) is 8.88. The van der Waals surface area contributed by atoms with Crippen LogP contribution in [-0.2, 0) is 17.4 Å². The summed E-state index contributed by atoms with van der Waals surface area (Å²) in [6.45, 7) is 4.88. The van der Waals surface area contributed by atoms with Crippen molar-refractivity contribution in [1.29, 1.82) is 0 Å². The molecule has 0 fully saturated rings. The molecule has 1 N–H and O–H groups in total. The fraction of sp³-hybridized carbons (Fsp3) is 0.133. The van der Waals surface area contributed by atoms with E-state index in [4.69, 9.17) is 9.47 Å². The van der Waals surface area contributed by atoms with Gasteiger partial charge < -0.3 is 14.8 Å². The van der Waals surface area contributed by atoms with E-state index in [0.717, 1.165) is 6.07 Å². The normalized spacial score (nSPS) is 14.2. The third-order valence-corrected chi connectivity index (χ3v) is 5.82. The van der Waals surface area contributed by atoms with Crippen molar-refractivity contribution in [1.82, 2.24) is 4.90 Å². The quantitative estimate of drug-likeness (QED) is 0.192. The smallest absolute Gasteiger partial charge is 0.419 e. The van der Waals surface area contributed by atoms with Gasteiger partial charge in [-0.3, -0.25) is 14.7 Å². The molecule has 3 aromatic carbocycles. The Bertz CT molecular complexity index is 1510. The zero-order valence-corrected chi connectivity index (χ0v) is 21.9. The standard InChI is InChI=1S/C30H25F3N4O4/c1-20-16-21(8-13-26(20)30(31,32)33)17-27(38)36-23-9-11-25(12-10-23)40-28(35-19-34-2)22-14-15-37(18-22)29(39)41-24-6-4-3-5-7-24/h3-16,19H,2,17-18H2,1H3,(H,36,38)/b28-22+,35-19-. The zero-order valence-electron chi connectivity index (χ0n) is 21.9. The summed E-state index contributed by atoms with van der Waals surface area (Å²) in [6, 6.07) is 18.7. The minimum atomic E-state index is -4.44. The molecule has 0 bridgehead atoms. The Hall–Kier alpha value is -5.19. The Morgan fingerprint density at radius 1 is 1.02 bits per heavy atom. The Balaban J connectivity index is 1.38. The Morgan fingerprint density at radius 3 is 2.39 bits per heavy atom. The number of aryl methyl sites for hydroxylation is 1. The first-order chi connectivity index (χ1) is 19.6. The zero-order chi connectivity index (χ0) is 29.4. The summed E-state index contributed by atoms with van der Waals surface area (Å²) in [7, 11) is 0. The van der Waals surface area contributed by atoms with Gasteiger partial charge in [0.05, 0.1) is 18.5 Å². The van der Waals surface area contributed by atoms with Gasteiger partial charge in [-0.15, -0.1) is 0 Å². The number of hydrogen-bond donors (Lipinski definition) is 1. The van der Waals surface area contributed by atoms with Crippen LogP contribution in [0, 0.1) is 6.92 Å². The van der Waals surface area contributed by atoms with Gasteiger partial charge in [-0.2, -0.15) is 13.2 Å². The molecule has 0 aromatic heterocycles. The highest BCUT2D eigenvalue weighted by Crippen LogP contribution is 2.32. The van der Waals surface area contributed by atoms with E-state index in [1.54, 1.807) is 60.8 Å². The fourth-order valence-electron chi connectivity index (χ4n) is 3.91. The summed E-state index contributed by atoms with van der Waals surface area (Å²) in [5, 5.41) is 2.71. The molecule has 11 heteroatoms. The van der Waals surface area contributed by atoms with E-state index >= 15 is 0 Å². The lowest BCUT2D eigenvalue weighted by molar-refractivity contribution is -0.138. The predicted molar refractivity (Wildman–Crippen MR) is 149 cm³/mol. The molecule has 1 aliphatic rings. The monoisotopic (exact) mass is 562 g/mol. The van der Waals surface area contributed by atoms with Gasteiger partial charge in [0.1, 0.15) is 17.8 Å². The second-order valence-corrected chi connectivity index (χ2v) is 8.88. The highest BCUT2D eigenvalue weighted by molar-refractivity contribution is 5.92. The molecule has 8 nitrogen and oxygen atoms in total. The summed E-state index contributed by atoms with van der Waals surface area (Å²) in [6.07, 6.45) is -0.680. The summed E-state index contributed by atoms with van der Waals surface area (Å²) in [5.41, 5.74) is 0.833. The maximum absolute atomic E-state index is 13.0. The largest absolute Gasteiger partial charge is 0.439 e. The summed E-state index contributed by atoms with van der Waals surface area (Å²) < 4.78 is 50.2. The van der Waals surface area contributed by atoms with Crippen LogP contribution in [0.4, 0.5) is 23.7 Å². The van der Waals surface area contributed by atoms with Gasteiger partial charge in [0.25, 0.3) is 0 Å². The van der Waals surface area contributed by atoms with Crippen molar-refractivity contribution >= 4 is 30.7 Å². The van der Waals surface area contributed by atoms with E-state index in [2.05, 4.69) is 22.0 Å². The van der Waals surface area contributed by atoms with Crippen molar-refractivity contribution in [2.75, 3.05) is 11.9 Å². The number of ether oxygens (including phenoxy) is 2. The van der Waals surface area contributed by atoms with Gasteiger partial charge >= 0.3 is 12.3 Å². The van der Waals surface area contributed by atoms with E-state index < -0.39 is 17.8 Å². The maximum atomic E-state index is 13.0. The second kappa shape index (κ2) is 12.8. The van der Waals surface area contributed by atoms with E-state index in [-0.39, 0.29) is 30.3 Å². The minimum Gasteiger partial charge on any atom is -0.439 e. The molecule has 1 heterocycles. The topological polar surface area (TPSA) is 92.6 Å². The average Bonchev–Trinajstić information content (AvgIpc) is 3.42. The number of anilines is 1. The van der Waals surface area contributed by atoms with Crippen LogP contribution >= 0.6 is 0 Å². The molecule has 210 valence electrons. The van der Waals surface area contributed by atoms with Gasteiger partial charge in [-0.1, -0.05) is 30.3 Å². The lowest BCUT2D eigenvalue weighted by atomic mass is 10.0. The molecule has 0 saturated heterocycles. The van der Waals surface area contributed by atoms with Gasteiger partial charge in [0, 0.05) is 17.5 Å². The lowest BCUT2D eigenvalue weighted by Gasteiger charge is -2.14. The minimum absolute atomic E-state index is 0.0526. The van der Waals surface area contributed by atoms with Crippen LogP contribution < -0.4 is 14.8 Å². The predicted octanol–water partition coefficient (Wildman–Crippen LogP) is 6.54. The van der Waals surface area contributed by atoms with Crippen molar-refractivity contribution in [2.45, 2.75) is 19.5 Å². The molecular weight excluding hydrogens is 537 g/mol. The first-order valence-electron chi connectivity index (χ1n) is 12.3. The number of nitrogens with zero attached hydrogens (tertiary/aromatic N) is 3. The number of hydrogen-bond acceptors (Lipinski definition) is 5. The molecule has 0 spiro atoms. The van der Waals surface area contributed by atoms with Crippen LogP contribution in [0.1, 0.15) is 16.7 Å². The number of nitrogens with one attached hydrogen (secondary N) is 1. The Kier molecular flexibility index (Phi) is 8.98. The molecule has 0 saturated carbocycles. The molecule has 0 radical (unpaired) electrons. The number of carbonyl (C=O) groups excluding carboxylic acids is 2. The van der Waals surface area contributed by atoms with Crippen LogP contribution in [0.15, 0.2) is 107 Å². The van der Waals surface area contributed by atoms with Crippen LogP contribution in [0.5, 0.6) is 11.5 Å². The molecule has 2 amide bonds. The number of aliphatic imine (C=N–C) groups is 2. The number of benzene rings is 3. The number of para-hydroxylation sites is 1. The average molecular weight is 563 g/mol. The summed E-state index contributed by atoms with van der Waals surface area (Å²) in [4.78, 5) is 34.1. The maximum Gasteiger partial charge on any atom is 0.419 e. The van der Waals surface area contributed by atoms with E-state index in [1.165, 1.54) is 30.3 Å². The van der Waals surface area contributed by atoms with Crippen molar-refractivity contribution < 1.29 is 32.2 Å². The van der Waals surface area contributed by atoms with E-state index in [9.17, 15) is 22.8 Å². The molecule has 0 atom stereocenters. The Labute approximate surface area is 234 Å². The van der Waals surface area contributed by atoms with Crippen LogP contribution in [0.3, 0.4) is 0 Å². The molecule has 0 aliphatic carbocycles. The number of amides is 2. The molecule has 4 rings (SSSR count). The summed E-state index contributed by atoms with van der Waals surface area (Å²) in [5.74, 6) is 0.595. The van der Waals surface area contributed by atoms with Gasteiger partial charge in [-0.05, 0) is 73.3 Å². The molecule has 41 heavy (non-hydrogen) atoms. The first kappa shape index (κ1) is 28.8. The first-order valence-corrected chi connectivity index (χ1v) is 12.3. The van der Waals surface area contributed by atoms with Gasteiger partial charge in [0.15, 0.2) is 0 Å². The molecule has 1 aliphatic heterocycles. The fourth-order valence-corrected chi connectivity index (χ4v) is 3.91. The third-order valence-electron chi connectivity index (χ3n) is 5.82. The van der Waals surface area contributed by atoms with Crippen LogP contribution in [0.2, 0.25) is 0 Å². The molecular formula is C30H25F3N4O4. The van der Waals surface area contributed by atoms with Crippen molar-refractivity contribution in [3.8, 4) is 11.5 Å². The molecule has 0 unspecified atom stereocenters. The number of carbonyl (C=O) groups is 2. The van der Waals surface area contributed by atoms with E-state index in [1.807, 2.05) is 6.07 Å². The van der Waals surface area contributed by atoms with E-state index in [0.29, 0.717) is 28.3 Å². The number of rotatable bonds is 8. The highest BCUT2D eigenvalue weighted by atomic mass is 19.4. The number of alkyl halides is 3. The Morgan fingerprint density at radius 2 is 1.73 bits per heavy atom. The third kappa shape index (κ3) is 7.91.